The molecule has 0 aromatic heterocycles. The van der Waals surface area contributed by atoms with Gasteiger partial charge < -0.3 is 26.0 Å². The summed E-state index contributed by atoms with van der Waals surface area (Å²) in [5.74, 6) is 0.0602. The molecule has 2 rings (SSSR count). The molecule has 1 fully saturated rings. The van der Waals surface area contributed by atoms with Crippen LogP contribution in [-0.2, 0) is 4.74 Å². The predicted octanol–water partition coefficient (Wildman–Crippen LogP) is 2.87. The Labute approximate surface area is 197 Å². The minimum absolute atomic E-state index is 0. The fourth-order valence-electron chi connectivity index (χ4n) is 2.76. The van der Waals surface area contributed by atoms with Crippen LogP contribution in [0.5, 0.6) is 0 Å². The minimum atomic E-state index is -0.277. The van der Waals surface area contributed by atoms with Crippen molar-refractivity contribution in [1.29, 1.82) is 0 Å². The minimum Gasteiger partial charge on any atom is -0.450 e. The molecular weight excluding hydrogens is 532 g/mol. The largest absolute Gasteiger partial charge is 0.450 e. The number of carbonyl (C=O) groups is 2. The average Bonchev–Trinajstić information content (AvgIpc) is 2.68. The van der Waals surface area contributed by atoms with E-state index in [2.05, 4.69) is 15.6 Å². The number of rotatable bonds is 6. The Morgan fingerprint density at radius 3 is 2.59 bits per heavy atom. The maximum Gasteiger partial charge on any atom is 0.409 e. The number of likely N-dealkylation sites (tertiary alicyclic amines) is 1. The number of nitrogens with one attached hydrogen (secondary N) is 2. The van der Waals surface area contributed by atoms with Crippen LogP contribution in [-0.4, -0.2) is 61.7 Å². The molecule has 1 saturated heterocycles. The van der Waals surface area contributed by atoms with Crippen molar-refractivity contribution in [3.05, 3.63) is 33.8 Å². The van der Waals surface area contributed by atoms with E-state index in [0.717, 1.165) is 12.8 Å². The molecule has 11 heteroatoms. The molecule has 0 aliphatic carbocycles. The van der Waals surface area contributed by atoms with Gasteiger partial charge in [0.25, 0.3) is 5.91 Å². The number of piperidine rings is 1. The van der Waals surface area contributed by atoms with Crippen molar-refractivity contribution in [3.63, 3.8) is 0 Å². The van der Waals surface area contributed by atoms with E-state index >= 15 is 0 Å². The third-order valence-corrected chi connectivity index (χ3v) is 4.97. The highest BCUT2D eigenvalue weighted by Gasteiger charge is 2.23. The van der Waals surface area contributed by atoms with Gasteiger partial charge in [-0.15, -0.1) is 24.0 Å². The highest BCUT2D eigenvalue weighted by molar-refractivity contribution is 14.0. The van der Waals surface area contributed by atoms with Gasteiger partial charge in [0.15, 0.2) is 5.96 Å². The summed E-state index contributed by atoms with van der Waals surface area (Å²) >= 11 is 11.7. The molecule has 8 nitrogen and oxygen atoms in total. The molecule has 1 aliphatic rings. The van der Waals surface area contributed by atoms with E-state index in [1.54, 1.807) is 24.0 Å². The second kappa shape index (κ2) is 13.0. The van der Waals surface area contributed by atoms with Gasteiger partial charge in [0.2, 0.25) is 0 Å². The molecule has 0 bridgehead atoms. The van der Waals surface area contributed by atoms with Crippen LogP contribution < -0.4 is 16.4 Å². The van der Waals surface area contributed by atoms with Crippen molar-refractivity contribution in [2.75, 3.05) is 32.8 Å². The first kappa shape index (κ1) is 25.6. The number of hydrogen-bond acceptors (Lipinski definition) is 4. The number of amides is 2. The van der Waals surface area contributed by atoms with E-state index in [-0.39, 0.29) is 42.0 Å². The van der Waals surface area contributed by atoms with Crippen molar-refractivity contribution < 1.29 is 14.3 Å². The third kappa shape index (κ3) is 8.43. The smallest absolute Gasteiger partial charge is 0.409 e. The van der Waals surface area contributed by atoms with E-state index in [4.69, 9.17) is 33.7 Å². The lowest BCUT2D eigenvalue weighted by atomic mass is 10.1. The summed E-state index contributed by atoms with van der Waals surface area (Å²) < 4.78 is 5.00. The van der Waals surface area contributed by atoms with E-state index in [0.29, 0.717) is 54.4 Å². The topological polar surface area (TPSA) is 109 Å². The molecule has 1 aromatic rings. The highest BCUT2D eigenvalue weighted by Crippen LogP contribution is 2.22. The Morgan fingerprint density at radius 2 is 1.97 bits per heavy atom. The summed E-state index contributed by atoms with van der Waals surface area (Å²) in [5, 5.41) is 6.62. The zero-order valence-electron chi connectivity index (χ0n) is 16.1. The summed E-state index contributed by atoms with van der Waals surface area (Å²) in [6.07, 6.45) is 1.26. The van der Waals surface area contributed by atoms with Gasteiger partial charge >= 0.3 is 6.09 Å². The number of carbonyl (C=O) groups excluding carboxylic acids is 2. The number of guanidine groups is 1. The maximum atomic E-state index is 12.1. The van der Waals surface area contributed by atoms with Crippen LogP contribution in [0.3, 0.4) is 0 Å². The molecule has 1 heterocycles. The van der Waals surface area contributed by atoms with Gasteiger partial charge in [-0.05, 0) is 38.0 Å². The summed E-state index contributed by atoms with van der Waals surface area (Å²) in [4.78, 5) is 29.6. The first-order valence-corrected chi connectivity index (χ1v) is 9.87. The zero-order chi connectivity index (χ0) is 20.5. The Bertz CT molecular complexity index is 727. The first-order valence-electron chi connectivity index (χ1n) is 9.12. The molecule has 1 aromatic carbocycles. The normalized spacial score (nSPS) is 14.7. The Morgan fingerprint density at radius 1 is 1.28 bits per heavy atom. The number of aliphatic imine (C=N–C) groups is 1. The fraction of sp³-hybridized carbons (Fsp3) is 0.500. The van der Waals surface area contributed by atoms with Crippen molar-refractivity contribution >= 4 is 65.1 Å². The lowest BCUT2D eigenvalue weighted by Crippen LogP contribution is -2.48. The van der Waals surface area contributed by atoms with Gasteiger partial charge in [0.1, 0.15) is 0 Å². The summed E-state index contributed by atoms with van der Waals surface area (Å²) in [6, 6.07) is 4.85. The molecule has 162 valence electrons. The molecule has 29 heavy (non-hydrogen) atoms. The van der Waals surface area contributed by atoms with Gasteiger partial charge in [0.05, 0.1) is 23.2 Å². The second-order valence-electron chi connectivity index (χ2n) is 6.26. The van der Waals surface area contributed by atoms with Gasteiger partial charge in [0, 0.05) is 31.2 Å². The number of nitrogens with zero attached hydrogens (tertiary/aromatic N) is 2. The van der Waals surface area contributed by atoms with Crippen LogP contribution in [0, 0.1) is 0 Å². The molecule has 0 unspecified atom stereocenters. The lowest BCUT2D eigenvalue weighted by molar-refractivity contribution is 0.0949. The van der Waals surface area contributed by atoms with Crippen LogP contribution in [0.4, 0.5) is 4.79 Å². The molecule has 2 amide bonds. The van der Waals surface area contributed by atoms with Crippen LogP contribution >= 0.6 is 47.2 Å². The van der Waals surface area contributed by atoms with Crippen LogP contribution in [0.1, 0.15) is 30.1 Å². The SMILES string of the molecule is CCOC(=O)N1CCC(NC(N)=NCCNC(=O)c2ccc(Cl)c(Cl)c2)CC1.I. The number of hydrogen-bond donors (Lipinski definition) is 3. The van der Waals surface area contributed by atoms with Crippen molar-refractivity contribution in [2.24, 2.45) is 10.7 Å². The Hall–Kier alpha value is -1.46. The highest BCUT2D eigenvalue weighted by atomic mass is 127. The monoisotopic (exact) mass is 557 g/mol. The molecular formula is C18H26Cl2IN5O3. The zero-order valence-corrected chi connectivity index (χ0v) is 20.0. The van der Waals surface area contributed by atoms with E-state index in [1.165, 1.54) is 6.07 Å². The van der Waals surface area contributed by atoms with Crippen molar-refractivity contribution in [1.82, 2.24) is 15.5 Å². The van der Waals surface area contributed by atoms with Gasteiger partial charge in [-0.25, -0.2) is 4.79 Å². The number of benzene rings is 1. The van der Waals surface area contributed by atoms with E-state index < -0.39 is 0 Å². The second-order valence-corrected chi connectivity index (χ2v) is 7.07. The van der Waals surface area contributed by atoms with Gasteiger partial charge in [-0.3, -0.25) is 9.79 Å². The molecule has 0 saturated carbocycles. The van der Waals surface area contributed by atoms with Gasteiger partial charge in [-0.2, -0.15) is 0 Å². The number of nitrogens with two attached hydrogens (primary N) is 1. The standard InChI is InChI=1S/C18H25Cl2N5O3.HI/c1-2-28-18(27)25-9-5-13(6-10-25)24-17(21)23-8-7-22-16(26)12-3-4-14(19)15(20)11-12;/h3-4,11,13H,2,5-10H2,1H3,(H,22,26)(H3,21,23,24);1H. The summed E-state index contributed by atoms with van der Waals surface area (Å²) in [6.45, 7) is 4.07. The average molecular weight is 558 g/mol. The van der Waals surface area contributed by atoms with Crippen LogP contribution in [0.2, 0.25) is 10.0 Å². The van der Waals surface area contributed by atoms with Crippen molar-refractivity contribution in [3.8, 4) is 0 Å². The maximum absolute atomic E-state index is 12.1. The molecule has 0 atom stereocenters. The van der Waals surface area contributed by atoms with Crippen LogP contribution in [0.25, 0.3) is 0 Å². The van der Waals surface area contributed by atoms with E-state index in [9.17, 15) is 9.59 Å². The third-order valence-electron chi connectivity index (χ3n) is 4.23. The first-order chi connectivity index (χ1) is 13.4. The molecule has 0 radical (unpaired) electrons. The van der Waals surface area contributed by atoms with Gasteiger partial charge in [-0.1, -0.05) is 23.2 Å². The molecule has 0 spiro atoms. The number of ether oxygens (including phenoxy) is 1. The lowest BCUT2D eigenvalue weighted by Gasteiger charge is -2.31. The Kier molecular flexibility index (Phi) is 11.4. The quantitative estimate of drug-likeness (QED) is 0.216. The molecule has 4 N–H and O–H groups in total. The van der Waals surface area contributed by atoms with Crippen molar-refractivity contribution in [2.45, 2.75) is 25.8 Å². The predicted molar refractivity (Wildman–Crippen MR) is 125 cm³/mol. The molecule has 1 aliphatic heterocycles. The summed E-state index contributed by atoms with van der Waals surface area (Å²) in [7, 11) is 0. The Balaban J connectivity index is 0.00000420. The van der Waals surface area contributed by atoms with E-state index in [1.807, 2.05) is 0 Å². The fourth-order valence-corrected chi connectivity index (χ4v) is 3.06. The summed E-state index contributed by atoms with van der Waals surface area (Å²) in [5.41, 5.74) is 6.33. The number of halogens is 3. The van der Waals surface area contributed by atoms with Crippen LogP contribution in [0.15, 0.2) is 23.2 Å².